The van der Waals surface area contributed by atoms with Crippen LogP contribution in [0.3, 0.4) is 0 Å². The van der Waals surface area contributed by atoms with Crippen LogP contribution in [0, 0.1) is 12.3 Å². The predicted octanol–water partition coefficient (Wildman–Crippen LogP) is 4.84. The van der Waals surface area contributed by atoms with E-state index in [1.807, 2.05) is 19.1 Å². The van der Waals surface area contributed by atoms with Crippen LogP contribution in [0.25, 0.3) is 11.4 Å². The highest BCUT2D eigenvalue weighted by atomic mass is 16.5. The van der Waals surface area contributed by atoms with E-state index in [9.17, 15) is 4.79 Å². The van der Waals surface area contributed by atoms with E-state index in [0.29, 0.717) is 47.7 Å². The Kier molecular flexibility index (Phi) is 9.53. The number of pyridine rings is 1. The first-order valence-corrected chi connectivity index (χ1v) is 17.9. The first-order chi connectivity index (χ1) is 23.3. The molecule has 6 heterocycles. The minimum atomic E-state index is -0.642. The number of aryl methyl sites for hydroxylation is 2. The number of hydrogen-bond acceptors (Lipinski definition) is 10. The van der Waals surface area contributed by atoms with Gasteiger partial charge in [0.15, 0.2) is 17.3 Å². The zero-order chi connectivity index (χ0) is 33.3. The molecule has 0 unspecified atom stereocenters. The van der Waals surface area contributed by atoms with Crippen LogP contribution in [0.1, 0.15) is 67.1 Å². The second-order valence-electron chi connectivity index (χ2n) is 14.4. The van der Waals surface area contributed by atoms with E-state index < -0.39 is 5.91 Å². The topological polar surface area (TPSA) is 125 Å². The van der Waals surface area contributed by atoms with Gasteiger partial charge in [0.2, 0.25) is 0 Å². The van der Waals surface area contributed by atoms with Crippen molar-refractivity contribution in [3.63, 3.8) is 0 Å². The summed E-state index contributed by atoms with van der Waals surface area (Å²) in [5.41, 5.74) is 12.1. The van der Waals surface area contributed by atoms with E-state index in [0.717, 1.165) is 43.6 Å². The van der Waals surface area contributed by atoms with Crippen molar-refractivity contribution >= 4 is 28.9 Å². The number of carbonyl (C=O) groups excluding carboxylic acids is 1. The summed E-state index contributed by atoms with van der Waals surface area (Å²) in [4.78, 5) is 34.9. The Labute approximate surface area is 284 Å². The van der Waals surface area contributed by atoms with E-state index >= 15 is 0 Å². The fraction of sp³-hybridized carbons (Fsp3) is 0.568. The fourth-order valence-electron chi connectivity index (χ4n) is 8.08. The first kappa shape index (κ1) is 32.7. The number of rotatable bonds is 9. The van der Waals surface area contributed by atoms with Crippen LogP contribution in [-0.2, 0) is 11.2 Å². The number of nitrogens with two attached hydrogens (primary N) is 1. The summed E-state index contributed by atoms with van der Waals surface area (Å²) in [6, 6.07) is 11.2. The van der Waals surface area contributed by atoms with Crippen molar-refractivity contribution in [2.45, 2.75) is 70.9 Å². The molecule has 256 valence electrons. The van der Waals surface area contributed by atoms with Crippen LogP contribution in [-0.4, -0.2) is 102 Å². The lowest BCUT2D eigenvalue weighted by molar-refractivity contribution is -0.0704. The van der Waals surface area contributed by atoms with E-state index in [-0.39, 0.29) is 11.7 Å². The normalized spacial score (nSPS) is 20.9. The summed E-state index contributed by atoms with van der Waals surface area (Å²) in [5, 5.41) is 6.99. The Bertz CT molecular complexity index is 1600. The number of benzene rings is 1. The number of hydrogen-bond donors (Lipinski definition) is 3. The number of primary amides is 1. The molecule has 0 saturated carbocycles. The van der Waals surface area contributed by atoms with Gasteiger partial charge in [-0.15, -0.1) is 0 Å². The minimum absolute atomic E-state index is 0.0878. The van der Waals surface area contributed by atoms with Crippen LogP contribution in [0.2, 0.25) is 0 Å². The smallest absolute Gasteiger partial charge is 0.271 e. The molecule has 0 atom stereocenters. The number of likely N-dealkylation sites (tertiary alicyclic amines) is 2. The van der Waals surface area contributed by atoms with Crippen LogP contribution in [0.5, 0.6) is 0 Å². The van der Waals surface area contributed by atoms with Crippen LogP contribution < -0.4 is 21.3 Å². The molecule has 2 aromatic heterocycles. The summed E-state index contributed by atoms with van der Waals surface area (Å²) in [7, 11) is 2.25. The molecule has 4 N–H and O–H groups in total. The Morgan fingerprint density at radius 3 is 2.44 bits per heavy atom. The summed E-state index contributed by atoms with van der Waals surface area (Å²) in [6.45, 7) is 12.8. The molecule has 4 fully saturated rings. The number of amides is 1. The molecule has 4 aliphatic heterocycles. The maximum atomic E-state index is 12.8. The minimum Gasteiger partial charge on any atom is -0.381 e. The van der Waals surface area contributed by atoms with Gasteiger partial charge in [0, 0.05) is 69.0 Å². The molecule has 1 amide bonds. The van der Waals surface area contributed by atoms with E-state index in [1.54, 1.807) is 6.20 Å². The average molecular weight is 654 g/mol. The number of aromatic nitrogens is 3. The Hall–Kier alpha value is -3.80. The molecule has 0 aliphatic carbocycles. The second-order valence-corrected chi connectivity index (χ2v) is 14.4. The molecule has 48 heavy (non-hydrogen) atoms. The van der Waals surface area contributed by atoms with Gasteiger partial charge in [-0.05, 0) is 113 Å². The average Bonchev–Trinajstić information content (AvgIpc) is 3.09. The number of ether oxygens (including phenoxy) is 1. The van der Waals surface area contributed by atoms with Gasteiger partial charge >= 0.3 is 0 Å². The molecular formula is C37H51N9O2. The number of carbonyl (C=O) groups is 1. The fourth-order valence-corrected chi connectivity index (χ4v) is 8.08. The zero-order valence-corrected chi connectivity index (χ0v) is 28.8. The molecule has 4 aliphatic rings. The molecule has 11 nitrogen and oxygen atoms in total. The molecule has 0 radical (unpaired) electrons. The molecule has 0 bridgehead atoms. The zero-order valence-electron chi connectivity index (χ0n) is 28.8. The van der Waals surface area contributed by atoms with Crippen molar-refractivity contribution in [3.05, 3.63) is 53.3 Å². The Morgan fingerprint density at radius 2 is 1.75 bits per heavy atom. The van der Waals surface area contributed by atoms with Gasteiger partial charge in [0.25, 0.3) is 5.91 Å². The summed E-state index contributed by atoms with van der Waals surface area (Å²) < 4.78 is 5.58. The molecule has 7 rings (SSSR count). The van der Waals surface area contributed by atoms with E-state index in [4.69, 9.17) is 20.4 Å². The quantitative estimate of drug-likeness (QED) is 0.296. The lowest BCUT2D eigenvalue weighted by atomic mass is 9.71. The molecule has 4 saturated heterocycles. The predicted molar refractivity (Wildman–Crippen MR) is 191 cm³/mol. The second kappa shape index (κ2) is 14.0. The van der Waals surface area contributed by atoms with Gasteiger partial charge in [-0.25, -0.2) is 9.97 Å². The number of piperidine rings is 2. The SMILES string of the molecule is CCc1cc(Nc2nc(NC3CCOCC3)c(-c3ncccc3C)nc2C(N)=O)ccc1N1CCC(N2CC3(CCN(C)CC3)C2)CC1. The van der Waals surface area contributed by atoms with Crippen molar-refractivity contribution in [3.8, 4) is 11.4 Å². The number of nitrogens with zero attached hydrogens (tertiary/aromatic N) is 6. The van der Waals surface area contributed by atoms with Crippen molar-refractivity contribution < 1.29 is 9.53 Å². The van der Waals surface area contributed by atoms with Crippen LogP contribution >= 0.6 is 0 Å². The van der Waals surface area contributed by atoms with Gasteiger partial charge in [-0.3, -0.25) is 14.7 Å². The maximum absolute atomic E-state index is 12.8. The molecule has 1 spiro atoms. The van der Waals surface area contributed by atoms with Gasteiger partial charge in [0.1, 0.15) is 5.69 Å². The van der Waals surface area contributed by atoms with Gasteiger partial charge in [-0.2, -0.15) is 0 Å². The monoisotopic (exact) mass is 653 g/mol. The van der Waals surface area contributed by atoms with Crippen molar-refractivity contribution in [1.82, 2.24) is 24.8 Å². The third kappa shape index (κ3) is 6.86. The van der Waals surface area contributed by atoms with Crippen molar-refractivity contribution in [1.29, 1.82) is 0 Å². The highest BCUT2D eigenvalue weighted by Gasteiger charge is 2.46. The lowest BCUT2D eigenvalue weighted by Crippen LogP contribution is -2.63. The third-order valence-electron chi connectivity index (χ3n) is 11.1. The summed E-state index contributed by atoms with van der Waals surface area (Å²) in [6.07, 6.45) is 9.47. The molecule has 11 heteroatoms. The van der Waals surface area contributed by atoms with Crippen molar-refractivity contribution in [2.75, 3.05) is 75.1 Å². The molecule has 3 aromatic rings. The molecular weight excluding hydrogens is 602 g/mol. The number of anilines is 4. The lowest BCUT2D eigenvalue weighted by Gasteiger charge is -2.57. The highest BCUT2D eigenvalue weighted by molar-refractivity contribution is 5.97. The van der Waals surface area contributed by atoms with E-state index in [2.05, 4.69) is 62.5 Å². The summed E-state index contributed by atoms with van der Waals surface area (Å²) in [5.74, 6) is 0.272. The third-order valence-corrected chi connectivity index (χ3v) is 11.1. The van der Waals surface area contributed by atoms with Gasteiger partial charge in [0.05, 0.1) is 5.69 Å². The Balaban J connectivity index is 1.08. The standard InChI is InChI=1S/C37H51N9O2/c1-4-26-22-28(7-8-30(26)45-16-9-29(10-17-45)46-23-37(24-46)13-18-44(3)19-14-37)41-36-33(34(38)47)42-32(31-25(2)6-5-15-39-31)35(43-36)40-27-11-20-48-21-12-27/h5-8,15,22,27,29H,4,9-14,16-21,23-24H2,1-3H3,(H2,38,47)(H2,40,41,43). The van der Waals surface area contributed by atoms with Gasteiger partial charge < -0.3 is 30.9 Å². The van der Waals surface area contributed by atoms with Crippen molar-refractivity contribution in [2.24, 2.45) is 11.1 Å². The van der Waals surface area contributed by atoms with Gasteiger partial charge in [-0.1, -0.05) is 13.0 Å². The first-order valence-electron chi connectivity index (χ1n) is 17.9. The van der Waals surface area contributed by atoms with Crippen LogP contribution in [0.15, 0.2) is 36.5 Å². The maximum Gasteiger partial charge on any atom is 0.271 e. The molecule has 1 aromatic carbocycles. The summed E-state index contributed by atoms with van der Waals surface area (Å²) >= 11 is 0. The van der Waals surface area contributed by atoms with E-state index in [1.165, 1.54) is 63.1 Å². The largest absolute Gasteiger partial charge is 0.381 e. The Morgan fingerprint density at radius 1 is 1.00 bits per heavy atom. The number of nitrogens with one attached hydrogen (secondary N) is 2. The highest BCUT2D eigenvalue weighted by Crippen LogP contribution is 2.43. The van der Waals surface area contributed by atoms with Crippen LogP contribution in [0.4, 0.5) is 23.0 Å².